The van der Waals surface area contributed by atoms with Gasteiger partial charge >= 0.3 is 0 Å². The Balaban J connectivity index is 1.85. The summed E-state index contributed by atoms with van der Waals surface area (Å²) in [6.07, 6.45) is 0.881. The lowest BCUT2D eigenvalue weighted by Gasteiger charge is -2.25. The number of hydrogen-bond acceptors (Lipinski definition) is 4. The Hall–Kier alpha value is -3.57. The predicted octanol–water partition coefficient (Wildman–Crippen LogP) is 6.06. The molecule has 0 saturated carbocycles. The van der Waals surface area contributed by atoms with Crippen molar-refractivity contribution in [1.29, 1.82) is 0 Å². The molecule has 3 aromatic rings. The first-order chi connectivity index (χ1) is 15.9. The number of carbonyl (C=O) groups excluding carboxylic acids is 2. The van der Waals surface area contributed by atoms with E-state index in [1.54, 1.807) is 42.5 Å². The minimum Gasteiger partial charge on any atom is -0.507 e. The van der Waals surface area contributed by atoms with Crippen molar-refractivity contribution in [3.63, 3.8) is 0 Å². The molecule has 168 valence electrons. The lowest BCUT2D eigenvalue weighted by Crippen LogP contribution is -2.29. The molecule has 33 heavy (non-hydrogen) atoms. The number of aryl methyl sites for hydroxylation is 1. The number of halogens is 1. The molecule has 1 fully saturated rings. The minimum absolute atomic E-state index is 0.0442. The highest BCUT2D eigenvalue weighted by Gasteiger charge is 2.46. The highest BCUT2D eigenvalue weighted by atomic mass is 35.5. The van der Waals surface area contributed by atoms with Crippen molar-refractivity contribution < 1.29 is 19.4 Å². The van der Waals surface area contributed by atoms with Gasteiger partial charge < -0.3 is 9.84 Å². The molecule has 1 saturated heterocycles. The molecule has 0 radical (unpaired) electrons. The van der Waals surface area contributed by atoms with Crippen molar-refractivity contribution in [2.75, 3.05) is 11.5 Å². The number of rotatable bonds is 6. The molecular formula is C27H24ClNO4. The second-order valence-corrected chi connectivity index (χ2v) is 8.32. The van der Waals surface area contributed by atoms with Gasteiger partial charge in [-0.15, -0.1) is 0 Å². The first kappa shape index (κ1) is 22.6. The Labute approximate surface area is 197 Å². The molecule has 0 aliphatic carbocycles. The number of ether oxygens (including phenoxy) is 1. The fourth-order valence-electron chi connectivity index (χ4n) is 3.98. The Kier molecular flexibility index (Phi) is 6.52. The molecule has 1 heterocycles. The molecule has 0 spiro atoms. The van der Waals surface area contributed by atoms with Crippen LogP contribution < -0.4 is 9.64 Å². The second kappa shape index (κ2) is 9.51. The summed E-state index contributed by atoms with van der Waals surface area (Å²) < 4.78 is 5.72. The van der Waals surface area contributed by atoms with Gasteiger partial charge in [-0.05, 0) is 66.9 Å². The number of ketones is 1. The van der Waals surface area contributed by atoms with Crippen molar-refractivity contribution >= 4 is 34.7 Å². The van der Waals surface area contributed by atoms with Crippen LogP contribution in [0.3, 0.4) is 0 Å². The second-order valence-electron chi connectivity index (χ2n) is 7.88. The third-order valence-electron chi connectivity index (χ3n) is 5.57. The van der Waals surface area contributed by atoms with E-state index in [0.717, 1.165) is 17.7 Å². The summed E-state index contributed by atoms with van der Waals surface area (Å²) in [5.41, 5.74) is 2.56. The number of aliphatic hydroxyl groups excluding tert-OH is 1. The van der Waals surface area contributed by atoms with Gasteiger partial charge in [0.25, 0.3) is 11.7 Å². The van der Waals surface area contributed by atoms with Crippen LogP contribution in [0.5, 0.6) is 5.75 Å². The van der Waals surface area contributed by atoms with Gasteiger partial charge in [0.05, 0.1) is 18.2 Å². The zero-order valence-corrected chi connectivity index (χ0v) is 19.2. The van der Waals surface area contributed by atoms with Gasteiger partial charge in [-0.3, -0.25) is 14.5 Å². The average molecular weight is 462 g/mol. The van der Waals surface area contributed by atoms with Crippen LogP contribution in [0, 0.1) is 6.92 Å². The fraction of sp³-hybridized carbons (Fsp3) is 0.185. The van der Waals surface area contributed by atoms with Crippen molar-refractivity contribution in [3.8, 4) is 5.75 Å². The van der Waals surface area contributed by atoms with Crippen molar-refractivity contribution in [3.05, 3.63) is 100 Å². The zero-order chi connectivity index (χ0) is 23.5. The number of hydrogen-bond donors (Lipinski definition) is 1. The zero-order valence-electron chi connectivity index (χ0n) is 18.4. The Morgan fingerprint density at radius 2 is 1.73 bits per heavy atom. The molecule has 4 rings (SSSR count). The van der Waals surface area contributed by atoms with Gasteiger partial charge in [0.1, 0.15) is 11.5 Å². The molecule has 0 bridgehead atoms. The van der Waals surface area contributed by atoms with Crippen LogP contribution in [-0.2, 0) is 9.59 Å². The highest BCUT2D eigenvalue weighted by Crippen LogP contribution is 2.42. The summed E-state index contributed by atoms with van der Waals surface area (Å²) in [6.45, 7) is 4.49. The van der Waals surface area contributed by atoms with Gasteiger partial charge in [0.2, 0.25) is 0 Å². The first-order valence-corrected chi connectivity index (χ1v) is 11.2. The summed E-state index contributed by atoms with van der Waals surface area (Å²) in [5, 5.41) is 11.8. The Morgan fingerprint density at radius 1 is 1.03 bits per heavy atom. The number of carbonyl (C=O) groups is 2. The molecule has 1 aliphatic rings. The average Bonchev–Trinajstić information content (AvgIpc) is 3.09. The quantitative estimate of drug-likeness (QED) is 0.275. The van der Waals surface area contributed by atoms with Gasteiger partial charge in [0.15, 0.2) is 0 Å². The number of benzene rings is 3. The molecule has 0 aromatic heterocycles. The normalized spacial score (nSPS) is 17.4. The Bertz CT molecular complexity index is 1220. The van der Waals surface area contributed by atoms with E-state index in [1.165, 1.54) is 4.90 Å². The summed E-state index contributed by atoms with van der Waals surface area (Å²) in [5.74, 6) is -0.939. The molecule has 6 heteroatoms. The number of amides is 1. The van der Waals surface area contributed by atoms with Crippen LogP contribution in [0.2, 0.25) is 5.02 Å². The van der Waals surface area contributed by atoms with Crippen LogP contribution in [0.15, 0.2) is 78.4 Å². The summed E-state index contributed by atoms with van der Waals surface area (Å²) in [6, 6.07) is 20.4. The number of anilines is 1. The van der Waals surface area contributed by atoms with Crippen LogP contribution in [0.4, 0.5) is 5.69 Å². The number of Topliss-reactive ketones (excluding diaryl/α,β-unsaturated/α-hetero) is 1. The monoisotopic (exact) mass is 461 g/mol. The lowest BCUT2D eigenvalue weighted by atomic mass is 9.94. The predicted molar refractivity (Wildman–Crippen MR) is 130 cm³/mol. The van der Waals surface area contributed by atoms with Gasteiger partial charge in [-0.1, -0.05) is 48.9 Å². The smallest absolute Gasteiger partial charge is 0.300 e. The molecule has 1 aliphatic heterocycles. The van der Waals surface area contributed by atoms with Gasteiger partial charge in [-0.2, -0.15) is 0 Å². The molecule has 1 N–H and O–H groups in total. The van der Waals surface area contributed by atoms with E-state index >= 15 is 0 Å². The molecule has 1 atom stereocenters. The van der Waals surface area contributed by atoms with Crippen LogP contribution >= 0.6 is 11.6 Å². The highest BCUT2D eigenvalue weighted by molar-refractivity contribution is 6.51. The maximum Gasteiger partial charge on any atom is 0.300 e. The summed E-state index contributed by atoms with van der Waals surface area (Å²) in [4.78, 5) is 27.7. The third-order valence-corrected chi connectivity index (χ3v) is 5.83. The van der Waals surface area contributed by atoms with Gasteiger partial charge in [0, 0.05) is 16.3 Å². The van der Waals surface area contributed by atoms with Crippen LogP contribution in [0.1, 0.15) is 36.1 Å². The molecular weight excluding hydrogens is 438 g/mol. The fourth-order valence-corrected chi connectivity index (χ4v) is 4.10. The van der Waals surface area contributed by atoms with Crippen molar-refractivity contribution in [2.24, 2.45) is 0 Å². The summed E-state index contributed by atoms with van der Waals surface area (Å²) in [7, 11) is 0. The molecule has 1 unspecified atom stereocenters. The lowest BCUT2D eigenvalue weighted by molar-refractivity contribution is -0.132. The van der Waals surface area contributed by atoms with Gasteiger partial charge in [-0.25, -0.2) is 0 Å². The van der Waals surface area contributed by atoms with Crippen LogP contribution in [0.25, 0.3) is 5.76 Å². The van der Waals surface area contributed by atoms with E-state index < -0.39 is 17.7 Å². The SMILES string of the molecule is CCCOc1ccc(/C(O)=C2/C(=O)C(=O)N(c3ccc(Cl)cc3)C2c2ccccc2)cc1C. The topological polar surface area (TPSA) is 66.8 Å². The minimum atomic E-state index is -0.774. The van der Waals surface area contributed by atoms with Crippen molar-refractivity contribution in [1.82, 2.24) is 0 Å². The molecule has 5 nitrogen and oxygen atoms in total. The first-order valence-electron chi connectivity index (χ1n) is 10.8. The standard InChI is InChI=1S/C27H24ClNO4/c1-3-15-33-22-14-9-19(16-17(22)2)25(30)23-24(18-7-5-4-6-8-18)29(27(32)26(23)31)21-12-10-20(28)11-13-21/h4-14,16,24,30H,3,15H2,1-2H3/b25-23-. The third kappa shape index (κ3) is 4.37. The maximum absolute atomic E-state index is 13.2. The number of aliphatic hydroxyl groups is 1. The molecule has 1 amide bonds. The van der Waals surface area contributed by atoms with E-state index in [4.69, 9.17) is 16.3 Å². The van der Waals surface area contributed by atoms with Crippen LogP contribution in [-0.4, -0.2) is 23.4 Å². The van der Waals surface area contributed by atoms with E-state index in [-0.39, 0.29) is 11.3 Å². The van der Waals surface area contributed by atoms with E-state index in [0.29, 0.717) is 28.4 Å². The van der Waals surface area contributed by atoms with E-state index in [9.17, 15) is 14.7 Å². The number of nitrogens with zero attached hydrogens (tertiary/aromatic N) is 1. The maximum atomic E-state index is 13.2. The van der Waals surface area contributed by atoms with Crippen molar-refractivity contribution in [2.45, 2.75) is 26.3 Å². The largest absolute Gasteiger partial charge is 0.507 e. The van der Waals surface area contributed by atoms with E-state index in [1.807, 2.05) is 44.2 Å². The Morgan fingerprint density at radius 3 is 2.36 bits per heavy atom. The van der Waals surface area contributed by atoms with E-state index in [2.05, 4.69) is 0 Å². The summed E-state index contributed by atoms with van der Waals surface area (Å²) >= 11 is 6.03. The molecule has 3 aromatic carbocycles.